The number of nitrogens with zero attached hydrogens (tertiary/aromatic N) is 1. The lowest BCUT2D eigenvalue weighted by atomic mass is 10.2. The number of fused-ring (bicyclic) bond motifs is 1. The number of aromatic nitrogens is 1. The highest BCUT2D eigenvalue weighted by atomic mass is 35.5. The van der Waals surface area contributed by atoms with Gasteiger partial charge in [0.05, 0.1) is 28.9 Å². The van der Waals surface area contributed by atoms with Crippen molar-refractivity contribution in [3.63, 3.8) is 0 Å². The minimum atomic E-state index is -0.702. The number of benzene rings is 2. The number of para-hydroxylation sites is 1. The number of methoxy groups -OCH3 is 1. The molecule has 1 amide bonds. The summed E-state index contributed by atoms with van der Waals surface area (Å²) in [6, 6.07) is 11.2. The van der Waals surface area contributed by atoms with Crippen LogP contribution in [0.5, 0.6) is 0 Å². The van der Waals surface area contributed by atoms with Crippen LogP contribution in [0.1, 0.15) is 10.4 Å². The van der Waals surface area contributed by atoms with Gasteiger partial charge < -0.3 is 14.5 Å². The molecule has 0 aliphatic rings. The molecule has 0 unspecified atom stereocenters. The molecule has 3 aromatic rings. The van der Waals surface area contributed by atoms with E-state index in [1.807, 2.05) is 0 Å². The van der Waals surface area contributed by atoms with Crippen molar-refractivity contribution in [1.82, 2.24) is 4.57 Å². The Labute approximate surface area is 146 Å². The quantitative estimate of drug-likeness (QED) is 0.722. The Morgan fingerprint density at radius 2 is 2.00 bits per heavy atom. The van der Waals surface area contributed by atoms with Crippen molar-refractivity contribution in [3.05, 3.63) is 63.6 Å². The molecule has 0 aliphatic heterocycles. The van der Waals surface area contributed by atoms with Gasteiger partial charge in [0, 0.05) is 0 Å². The molecule has 1 aromatic heterocycles. The lowest BCUT2D eigenvalue weighted by Gasteiger charge is -2.07. The van der Waals surface area contributed by atoms with Crippen molar-refractivity contribution in [2.24, 2.45) is 0 Å². The maximum Gasteiger partial charge on any atom is 0.420 e. The van der Waals surface area contributed by atoms with Gasteiger partial charge in [-0.25, -0.2) is 9.59 Å². The fourth-order valence-corrected chi connectivity index (χ4v) is 2.54. The third-order valence-electron chi connectivity index (χ3n) is 3.54. The molecule has 0 radical (unpaired) electrons. The molecular formula is C17H13ClN2O5. The highest BCUT2D eigenvalue weighted by Crippen LogP contribution is 2.21. The molecule has 0 atom stereocenters. The lowest BCUT2D eigenvalue weighted by molar-refractivity contribution is -0.116. The van der Waals surface area contributed by atoms with Gasteiger partial charge >= 0.3 is 11.7 Å². The molecule has 7 nitrogen and oxygen atoms in total. The molecular weight excluding hydrogens is 348 g/mol. The summed E-state index contributed by atoms with van der Waals surface area (Å²) >= 11 is 5.99. The summed E-state index contributed by atoms with van der Waals surface area (Å²) in [4.78, 5) is 35.8. The smallest absolute Gasteiger partial charge is 0.420 e. The van der Waals surface area contributed by atoms with Crippen molar-refractivity contribution in [2.45, 2.75) is 6.54 Å². The number of ether oxygens (including phenoxy) is 1. The van der Waals surface area contributed by atoms with Gasteiger partial charge in [0.15, 0.2) is 5.58 Å². The van der Waals surface area contributed by atoms with E-state index < -0.39 is 17.6 Å². The van der Waals surface area contributed by atoms with Crippen LogP contribution in [0.4, 0.5) is 5.69 Å². The van der Waals surface area contributed by atoms with Crippen molar-refractivity contribution in [2.75, 3.05) is 12.4 Å². The Morgan fingerprint density at radius 1 is 1.24 bits per heavy atom. The Bertz CT molecular complexity index is 1020. The Morgan fingerprint density at radius 3 is 2.72 bits per heavy atom. The minimum absolute atomic E-state index is 0.193. The van der Waals surface area contributed by atoms with E-state index in [4.69, 9.17) is 16.0 Å². The third-order valence-corrected chi connectivity index (χ3v) is 3.87. The number of hydrogen-bond donors (Lipinski definition) is 1. The van der Waals surface area contributed by atoms with Crippen molar-refractivity contribution >= 4 is 40.3 Å². The molecule has 2 aromatic carbocycles. The average molecular weight is 361 g/mol. The second-order valence-corrected chi connectivity index (χ2v) is 5.56. The van der Waals surface area contributed by atoms with Crippen LogP contribution in [0.2, 0.25) is 5.02 Å². The molecule has 128 valence electrons. The van der Waals surface area contributed by atoms with E-state index in [1.165, 1.54) is 29.9 Å². The van der Waals surface area contributed by atoms with Gasteiger partial charge in [-0.15, -0.1) is 0 Å². The summed E-state index contributed by atoms with van der Waals surface area (Å²) < 4.78 is 10.9. The highest BCUT2D eigenvalue weighted by Gasteiger charge is 2.16. The number of rotatable bonds is 4. The molecule has 3 rings (SSSR count). The minimum Gasteiger partial charge on any atom is -0.465 e. The number of anilines is 1. The fraction of sp³-hybridized carbons (Fsp3) is 0.118. The zero-order valence-electron chi connectivity index (χ0n) is 13.1. The van der Waals surface area contributed by atoms with Crippen LogP contribution in [-0.2, 0) is 16.1 Å². The summed E-state index contributed by atoms with van der Waals surface area (Å²) in [6.07, 6.45) is 0. The average Bonchev–Trinajstić information content (AvgIpc) is 2.91. The van der Waals surface area contributed by atoms with Crippen LogP contribution >= 0.6 is 11.6 Å². The summed E-state index contributed by atoms with van der Waals surface area (Å²) in [7, 11) is 1.26. The second-order valence-electron chi connectivity index (χ2n) is 5.16. The van der Waals surface area contributed by atoms with Gasteiger partial charge in [-0.05, 0) is 30.3 Å². The number of carbonyl (C=O) groups is 2. The molecule has 0 saturated carbocycles. The predicted octanol–water partition coefficient (Wildman–Crippen LogP) is 2.67. The second kappa shape index (κ2) is 6.82. The maximum atomic E-state index is 12.2. The molecule has 25 heavy (non-hydrogen) atoms. The molecule has 1 heterocycles. The Balaban J connectivity index is 1.87. The van der Waals surface area contributed by atoms with Crippen LogP contribution in [0.3, 0.4) is 0 Å². The van der Waals surface area contributed by atoms with Crippen LogP contribution < -0.4 is 11.1 Å². The molecule has 1 N–H and O–H groups in total. The predicted molar refractivity (Wildman–Crippen MR) is 91.9 cm³/mol. The molecule has 0 spiro atoms. The number of nitrogens with one attached hydrogen (secondary N) is 1. The molecule has 0 fully saturated rings. The van der Waals surface area contributed by atoms with E-state index in [1.54, 1.807) is 24.3 Å². The van der Waals surface area contributed by atoms with Crippen LogP contribution in [0.15, 0.2) is 51.7 Å². The normalized spacial score (nSPS) is 10.6. The first kappa shape index (κ1) is 16.8. The van der Waals surface area contributed by atoms with Gasteiger partial charge in [0.2, 0.25) is 5.91 Å². The van der Waals surface area contributed by atoms with Crippen LogP contribution in [0, 0.1) is 0 Å². The first-order valence-electron chi connectivity index (χ1n) is 7.25. The highest BCUT2D eigenvalue weighted by molar-refractivity contribution is 6.33. The number of halogens is 1. The van der Waals surface area contributed by atoms with E-state index in [9.17, 15) is 14.4 Å². The number of oxazole rings is 1. The summed E-state index contributed by atoms with van der Waals surface area (Å²) in [5.74, 6) is -1.69. The van der Waals surface area contributed by atoms with Gasteiger partial charge in [-0.1, -0.05) is 23.7 Å². The van der Waals surface area contributed by atoms with Crippen LogP contribution in [0.25, 0.3) is 11.1 Å². The number of esters is 1. The summed E-state index contributed by atoms with van der Waals surface area (Å²) in [5.41, 5.74) is 1.28. The standard InChI is InChI=1S/C17H13ClN2O5/c1-24-16(22)10-6-7-13-14(8-10)25-17(23)20(13)9-15(21)19-12-5-3-2-4-11(12)18/h2-8H,9H2,1H3,(H,19,21). The lowest BCUT2D eigenvalue weighted by Crippen LogP contribution is -2.24. The first-order chi connectivity index (χ1) is 12.0. The molecule has 0 bridgehead atoms. The van der Waals surface area contributed by atoms with E-state index in [2.05, 4.69) is 10.1 Å². The largest absolute Gasteiger partial charge is 0.465 e. The van der Waals surface area contributed by atoms with Crippen molar-refractivity contribution < 1.29 is 18.7 Å². The van der Waals surface area contributed by atoms with E-state index in [0.29, 0.717) is 16.2 Å². The third kappa shape index (κ3) is 3.41. The zero-order valence-corrected chi connectivity index (χ0v) is 13.9. The van der Waals surface area contributed by atoms with E-state index in [0.717, 1.165) is 0 Å². The topological polar surface area (TPSA) is 90.5 Å². The number of amides is 1. The fourth-order valence-electron chi connectivity index (χ4n) is 2.36. The molecule has 0 aliphatic carbocycles. The Kier molecular flexibility index (Phi) is 4.58. The van der Waals surface area contributed by atoms with Crippen LogP contribution in [-0.4, -0.2) is 23.6 Å². The number of hydrogen-bond acceptors (Lipinski definition) is 5. The molecule has 0 saturated heterocycles. The maximum absolute atomic E-state index is 12.2. The summed E-state index contributed by atoms with van der Waals surface area (Å²) in [5, 5.41) is 3.02. The SMILES string of the molecule is COC(=O)c1ccc2c(c1)oc(=O)n2CC(=O)Nc1ccccc1Cl. The van der Waals surface area contributed by atoms with Gasteiger partial charge in [0.25, 0.3) is 0 Å². The van der Waals surface area contributed by atoms with Gasteiger partial charge in [0.1, 0.15) is 6.54 Å². The van der Waals surface area contributed by atoms with E-state index in [-0.39, 0.29) is 17.7 Å². The van der Waals surface area contributed by atoms with E-state index >= 15 is 0 Å². The molecule has 8 heteroatoms. The summed E-state index contributed by atoms with van der Waals surface area (Å²) in [6.45, 7) is -0.255. The van der Waals surface area contributed by atoms with Gasteiger partial charge in [-0.3, -0.25) is 9.36 Å². The zero-order chi connectivity index (χ0) is 18.0. The monoisotopic (exact) mass is 360 g/mol. The Hall–Kier alpha value is -3.06. The van der Waals surface area contributed by atoms with Crippen molar-refractivity contribution in [1.29, 1.82) is 0 Å². The van der Waals surface area contributed by atoms with Gasteiger partial charge in [-0.2, -0.15) is 0 Å². The first-order valence-corrected chi connectivity index (χ1v) is 7.63. The van der Waals surface area contributed by atoms with Crippen molar-refractivity contribution in [3.8, 4) is 0 Å². The number of carbonyl (C=O) groups excluding carboxylic acids is 2.